The molecule has 1 aromatic carbocycles. The second kappa shape index (κ2) is 7.27. The lowest BCUT2D eigenvalue weighted by Crippen LogP contribution is -2.17. The molecule has 0 unspecified atom stereocenters. The van der Waals surface area contributed by atoms with Crippen molar-refractivity contribution in [2.24, 2.45) is 0 Å². The largest absolute Gasteiger partial charge is 0.459 e. The number of nitriles is 1. The Hall–Kier alpha value is -2.99. The first-order valence-electron chi connectivity index (χ1n) is 8.46. The van der Waals surface area contributed by atoms with E-state index in [1.54, 1.807) is 6.08 Å². The molecule has 25 heavy (non-hydrogen) atoms. The smallest absolute Gasteiger partial charge is 0.133 e. The Morgan fingerprint density at radius 2 is 2.16 bits per heavy atom. The van der Waals surface area contributed by atoms with Gasteiger partial charge in [0.05, 0.1) is 17.8 Å². The van der Waals surface area contributed by atoms with Crippen LogP contribution in [0.3, 0.4) is 0 Å². The van der Waals surface area contributed by atoms with E-state index in [2.05, 4.69) is 36.6 Å². The van der Waals surface area contributed by atoms with E-state index < -0.39 is 0 Å². The Labute approximate surface area is 149 Å². The molecule has 3 rings (SSSR count). The first-order valence-corrected chi connectivity index (χ1v) is 8.46. The summed E-state index contributed by atoms with van der Waals surface area (Å²) in [5, 5.41) is 9.34. The second-order valence-corrected chi connectivity index (χ2v) is 6.25. The van der Waals surface area contributed by atoms with E-state index in [0.29, 0.717) is 12.1 Å². The van der Waals surface area contributed by atoms with Crippen LogP contribution >= 0.6 is 0 Å². The lowest BCUT2D eigenvalue weighted by Gasteiger charge is -2.19. The van der Waals surface area contributed by atoms with Crippen molar-refractivity contribution in [2.75, 3.05) is 11.9 Å². The quantitative estimate of drug-likeness (QED) is 0.695. The standard InChI is InChI=1S/C22H22N2O/c1-4-5-11-18-19-12-8-9-16(2)22(19)25-21(18)15-24(3)20-13-7-6-10-17(20)14-23/h4-7,9-11,13H,1,8,12,15H2,2-3H3/b11-5-. The molecule has 0 saturated carbocycles. The van der Waals surface area contributed by atoms with Crippen molar-refractivity contribution in [1.29, 1.82) is 5.26 Å². The van der Waals surface area contributed by atoms with Crippen molar-refractivity contribution in [3.8, 4) is 6.07 Å². The van der Waals surface area contributed by atoms with E-state index >= 15 is 0 Å². The van der Waals surface area contributed by atoms with Gasteiger partial charge in [0.25, 0.3) is 0 Å². The number of nitrogens with zero attached hydrogens (tertiary/aromatic N) is 2. The summed E-state index contributed by atoms with van der Waals surface area (Å²) in [5.41, 5.74) is 5.19. The van der Waals surface area contributed by atoms with E-state index in [-0.39, 0.29) is 0 Å². The van der Waals surface area contributed by atoms with Crippen LogP contribution < -0.4 is 4.90 Å². The zero-order chi connectivity index (χ0) is 17.8. The van der Waals surface area contributed by atoms with E-state index in [0.717, 1.165) is 35.6 Å². The third kappa shape index (κ3) is 3.29. The minimum absolute atomic E-state index is 0.607. The van der Waals surface area contributed by atoms with E-state index in [9.17, 15) is 5.26 Å². The van der Waals surface area contributed by atoms with Crippen LogP contribution in [0.2, 0.25) is 0 Å². The van der Waals surface area contributed by atoms with Crippen LogP contribution in [0.4, 0.5) is 5.69 Å². The van der Waals surface area contributed by atoms with Crippen LogP contribution in [0.5, 0.6) is 0 Å². The van der Waals surface area contributed by atoms with Gasteiger partial charge in [-0.15, -0.1) is 0 Å². The fraction of sp³-hybridized carbons (Fsp3) is 0.227. The number of allylic oxidation sites excluding steroid dienone is 4. The molecule has 1 aliphatic rings. The van der Waals surface area contributed by atoms with Gasteiger partial charge in [-0.3, -0.25) is 0 Å². The van der Waals surface area contributed by atoms with Crippen molar-refractivity contribution in [3.63, 3.8) is 0 Å². The molecular formula is C22H22N2O. The summed E-state index contributed by atoms with van der Waals surface area (Å²) in [6, 6.07) is 9.89. The normalized spacial score (nSPS) is 13.2. The summed E-state index contributed by atoms with van der Waals surface area (Å²) >= 11 is 0. The zero-order valence-corrected chi connectivity index (χ0v) is 14.7. The highest BCUT2D eigenvalue weighted by molar-refractivity contribution is 5.71. The van der Waals surface area contributed by atoms with Gasteiger partial charge >= 0.3 is 0 Å². The van der Waals surface area contributed by atoms with Gasteiger partial charge in [0.2, 0.25) is 0 Å². The van der Waals surface area contributed by atoms with Crippen LogP contribution in [-0.2, 0) is 13.0 Å². The van der Waals surface area contributed by atoms with Gasteiger partial charge in [0.15, 0.2) is 0 Å². The maximum Gasteiger partial charge on any atom is 0.133 e. The van der Waals surface area contributed by atoms with Crippen molar-refractivity contribution in [3.05, 3.63) is 77.3 Å². The first-order chi connectivity index (χ1) is 12.2. The molecule has 0 amide bonds. The minimum atomic E-state index is 0.607. The third-order valence-electron chi connectivity index (χ3n) is 4.54. The van der Waals surface area contributed by atoms with E-state index in [1.807, 2.05) is 37.4 Å². The van der Waals surface area contributed by atoms with Crippen LogP contribution in [0.1, 0.15) is 41.6 Å². The summed E-state index contributed by atoms with van der Waals surface area (Å²) in [6.07, 6.45) is 10.1. The Bertz CT molecular complexity index is 893. The Balaban J connectivity index is 2.00. The van der Waals surface area contributed by atoms with Gasteiger partial charge in [0.1, 0.15) is 17.6 Å². The zero-order valence-electron chi connectivity index (χ0n) is 14.7. The molecule has 0 N–H and O–H groups in total. The number of hydrogen-bond donors (Lipinski definition) is 0. The fourth-order valence-electron chi connectivity index (χ4n) is 3.30. The third-order valence-corrected chi connectivity index (χ3v) is 4.54. The molecule has 0 atom stereocenters. The SMILES string of the molecule is C=C/C=C\c1c(CN(C)c2ccccc2C#N)oc2c1CCC=C2C. The Morgan fingerprint density at radius 3 is 2.92 bits per heavy atom. The van der Waals surface area contributed by atoms with Crippen LogP contribution in [0.25, 0.3) is 11.6 Å². The number of benzene rings is 1. The predicted molar refractivity (Wildman–Crippen MR) is 103 cm³/mol. The molecule has 0 radical (unpaired) electrons. The van der Waals surface area contributed by atoms with Gasteiger partial charge in [0, 0.05) is 18.2 Å². The molecule has 1 heterocycles. The highest BCUT2D eigenvalue weighted by atomic mass is 16.3. The molecule has 0 aliphatic heterocycles. The topological polar surface area (TPSA) is 40.2 Å². The number of rotatable bonds is 5. The highest BCUT2D eigenvalue weighted by Gasteiger charge is 2.22. The lowest BCUT2D eigenvalue weighted by atomic mass is 9.94. The van der Waals surface area contributed by atoms with Gasteiger partial charge in [-0.25, -0.2) is 0 Å². The van der Waals surface area contributed by atoms with Crippen molar-refractivity contribution >= 4 is 17.3 Å². The van der Waals surface area contributed by atoms with Crippen molar-refractivity contribution < 1.29 is 4.42 Å². The van der Waals surface area contributed by atoms with E-state index in [1.165, 1.54) is 11.1 Å². The maximum atomic E-state index is 9.34. The molecule has 0 fully saturated rings. The molecule has 3 heteroatoms. The Morgan fingerprint density at radius 1 is 1.36 bits per heavy atom. The molecule has 3 nitrogen and oxygen atoms in total. The molecule has 1 aliphatic carbocycles. The average Bonchev–Trinajstić information content (AvgIpc) is 2.98. The van der Waals surface area contributed by atoms with E-state index in [4.69, 9.17) is 4.42 Å². The summed E-state index contributed by atoms with van der Waals surface area (Å²) in [5.74, 6) is 1.92. The monoisotopic (exact) mass is 330 g/mol. The van der Waals surface area contributed by atoms with Gasteiger partial charge in [-0.05, 0) is 37.5 Å². The molecule has 126 valence electrons. The summed E-state index contributed by atoms with van der Waals surface area (Å²) in [7, 11) is 1.99. The fourth-order valence-corrected chi connectivity index (χ4v) is 3.30. The minimum Gasteiger partial charge on any atom is -0.459 e. The average molecular weight is 330 g/mol. The van der Waals surface area contributed by atoms with Crippen molar-refractivity contribution in [1.82, 2.24) is 0 Å². The number of anilines is 1. The first kappa shape index (κ1) is 16.9. The van der Waals surface area contributed by atoms with Crippen molar-refractivity contribution in [2.45, 2.75) is 26.3 Å². The Kier molecular flexibility index (Phi) is 4.90. The number of fused-ring (bicyclic) bond motifs is 1. The van der Waals surface area contributed by atoms with Gasteiger partial charge in [-0.1, -0.05) is 43.0 Å². The number of hydrogen-bond acceptors (Lipinski definition) is 3. The molecule has 2 aromatic rings. The van der Waals surface area contributed by atoms with Gasteiger partial charge < -0.3 is 9.32 Å². The summed E-state index contributed by atoms with van der Waals surface area (Å²) in [4.78, 5) is 2.06. The van der Waals surface area contributed by atoms with Crippen LogP contribution in [-0.4, -0.2) is 7.05 Å². The molecule has 0 bridgehead atoms. The lowest BCUT2D eigenvalue weighted by molar-refractivity contribution is 0.492. The van der Waals surface area contributed by atoms with Gasteiger partial charge in [-0.2, -0.15) is 5.26 Å². The number of furan rings is 1. The highest BCUT2D eigenvalue weighted by Crippen LogP contribution is 2.35. The van der Waals surface area contributed by atoms with Crippen LogP contribution in [0.15, 0.2) is 53.5 Å². The second-order valence-electron chi connectivity index (χ2n) is 6.25. The summed E-state index contributed by atoms with van der Waals surface area (Å²) in [6.45, 7) is 6.48. The molecular weight excluding hydrogens is 308 g/mol. The molecule has 1 aromatic heterocycles. The maximum absolute atomic E-state index is 9.34. The molecule has 0 spiro atoms. The molecule has 0 saturated heterocycles. The van der Waals surface area contributed by atoms with Crippen LogP contribution in [0, 0.1) is 11.3 Å². The number of para-hydroxylation sites is 1. The predicted octanol–water partition coefficient (Wildman–Crippen LogP) is 5.34. The summed E-state index contributed by atoms with van der Waals surface area (Å²) < 4.78 is 6.23.